The summed E-state index contributed by atoms with van der Waals surface area (Å²) in [5.41, 5.74) is -0.438. The minimum atomic E-state index is -4.39. The Hall–Kier alpha value is -0.790. The lowest BCUT2D eigenvalue weighted by molar-refractivity contribution is -0.137. The molecule has 2 nitrogen and oxygen atoms in total. The first-order valence-electron chi connectivity index (χ1n) is 5.09. The maximum atomic E-state index is 12.4. The number of aliphatic hydroxyl groups excluding tert-OH is 1. The lowest BCUT2D eigenvalue weighted by Gasteiger charge is -2.10. The molecule has 1 atom stereocenters. The molecule has 0 radical (unpaired) electrons. The molecule has 1 aromatic heterocycles. The summed E-state index contributed by atoms with van der Waals surface area (Å²) in [5.74, 6) is 0.235. The van der Waals surface area contributed by atoms with Crippen LogP contribution in [0.25, 0.3) is 0 Å². The molecule has 0 bridgehead atoms. The van der Waals surface area contributed by atoms with Crippen LogP contribution in [0, 0.1) is 0 Å². The largest absolute Gasteiger partial charge is 0.450 e. The van der Waals surface area contributed by atoms with Gasteiger partial charge < -0.3 is 9.52 Å². The van der Waals surface area contributed by atoms with Crippen molar-refractivity contribution in [1.82, 2.24) is 0 Å². The van der Waals surface area contributed by atoms with Crippen molar-refractivity contribution in [2.45, 2.75) is 12.3 Å². The molecular weight excluding hydrogens is 393 g/mol. The minimum absolute atomic E-state index is 0.235. The zero-order valence-electron chi connectivity index (χ0n) is 9.21. The Balaban J connectivity index is 2.27. The average Bonchev–Trinajstić information content (AvgIpc) is 2.68. The standard InChI is InChI=1S/C12H7Br2F3O2/c13-8-5-9(19-11(8)14)10(18)6-1-3-7(4-2-6)12(15,16)17/h1-5,10,18H. The lowest BCUT2D eigenvalue weighted by atomic mass is 10.1. The lowest BCUT2D eigenvalue weighted by Crippen LogP contribution is -2.05. The number of halogens is 5. The van der Waals surface area contributed by atoms with Gasteiger partial charge in [-0.25, -0.2) is 0 Å². The minimum Gasteiger partial charge on any atom is -0.450 e. The first-order valence-corrected chi connectivity index (χ1v) is 6.67. The highest BCUT2D eigenvalue weighted by atomic mass is 79.9. The Bertz CT molecular complexity index is 556. The van der Waals surface area contributed by atoms with Gasteiger partial charge in [-0.1, -0.05) is 12.1 Å². The van der Waals surface area contributed by atoms with E-state index >= 15 is 0 Å². The Morgan fingerprint density at radius 1 is 1.11 bits per heavy atom. The van der Waals surface area contributed by atoms with Crippen LogP contribution in [0.4, 0.5) is 13.2 Å². The predicted octanol–water partition coefficient (Wildman–Crippen LogP) is 4.91. The highest BCUT2D eigenvalue weighted by Crippen LogP contribution is 2.34. The third kappa shape index (κ3) is 3.21. The molecular formula is C12H7Br2F3O2. The zero-order valence-corrected chi connectivity index (χ0v) is 12.4. The molecule has 0 fully saturated rings. The molecule has 0 spiro atoms. The number of aliphatic hydroxyl groups is 1. The Kier molecular flexibility index (Phi) is 4.08. The van der Waals surface area contributed by atoms with Gasteiger partial charge in [0.1, 0.15) is 11.9 Å². The van der Waals surface area contributed by atoms with E-state index in [1.807, 2.05) is 0 Å². The number of rotatable bonds is 2. The summed E-state index contributed by atoms with van der Waals surface area (Å²) >= 11 is 6.32. The molecule has 1 heterocycles. The molecule has 0 aliphatic rings. The van der Waals surface area contributed by atoms with Gasteiger partial charge >= 0.3 is 6.18 Å². The maximum absolute atomic E-state index is 12.4. The van der Waals surface area contributed by atoms with Gasteiger partial charge in [-0.2, -0.15) is 13.2 Å². The van der Waals surface area contributed by atoms with E-state index in [1.165, 1.54) is 12.1 Å². The molecule has 0 aliphatic heterocycles. The maximum Gasteiger partial charge on any atom is 0.416 e. The second-order valence-corrected chi connectivity index (χ2v) is 5.37. The summed E-state index contributed by atoms with van der Waals surface area (Å²) < 4.78 is 43.5. The van der Waals surface area contributed by atoms with Crippen LogP contribution < -0.4 is 0 Å². The summed E-state index contributed by atoms with van der Waals surface area (Å²) in [5, 5.41) is 10.0. The van der Waals surface area contributed by atoms with Gasteiger partial charge in [0.25, 0.3) is 0 Å². The SMILES string of the molecule is OC(c1ccc(C(F)(F)F)cc1)c1cc(Br)c(Br)o1. The predicted molar refractivity (Wildman–Crippen MR) is 69.6 cm³/mol. The van der Waals surface area contributed by atoms with Gasteiger partial charge in [0, 0.05) is 0 Å². The molecule has 1 N–H and O–H groups in total. The van der Waals surface area contributed by atoms with Gasteiger partial charge in [0.05, 0.1) is 10.0 Å². The normalized spacial score (nSPS) is 13.6. The van der Waals surface area contributed by atoms with Gasteiger partial charge in [0.2, 0.25) is 0 Å². The van der Waals surface area contributed by atoms with Crippen LogP contribution in [0.5, 0.6) is 0 Å². The molecule has 0 amide bonds. The quantitative estimate of drug-likeness (QED) is 0.778. The van der Waals surface area contributed by atoms with E-state index in [-0.39, 0.29) is 5.76 Å². The van der Waals surface area contributed by atoms with E-state index in [9.17, 15) is 18.3 Å². The molecule has 0 saturated heterocycles. The van der Waals surface area contributed by atoms with E-state index in [2.05, 4.69) is 31.9 Å². The molecule has 19 heavy (non-hydrogen) atoms. The summed E-state index contributed by atoms with van der Waals surface area (Å²) in [7, 11) is 0. The molecule has 0 saturated carbocycles. The molecule has 7 heteroatoms. The Morgan fingerprint density at radius 2 is 1.68 bits per heavy atom. The molecule has 102 valence electrons. The number of hydrogen-bond acceptors (Lipinski definition) is 2. The van der Waals surface area contributed by atoms with E-state index in [0.29, 0.717) is 14.7 Å². The molecule has 1 aromatic carbocycles. The monoisotopic (exact) mass is 398 g/mol. The summed E-state index contributed by atoms with van der Waals surface area (Å²) in [4.78, 5) is 0. The van der Waals surface area contributed by atoms with Crippen molar-refractivity contribution in [3.05, 3.63) is 56.4 Å². The number of benzene rings is 1. The van der Waals surface area contributed by atoms with Crippen LogP contribution in [0.15, 0.2) is 43.9 Å². The van der Waals surface area contributed by atoms with Crippen LogP contribution in [-0.2, 0) is 6.18 Å². The molecule has 0 aliphatic carbocycles. The van der Waals surface area contributed by atoms with Gasteiger partial charge in [-0.15, -0.1) is 0 Å². The van der Waals surface area contributed by atoms with Gasteiger partial charge in [-0.05, 0) is 55.6 Å². The molecule has 2 aromatic rings. The summed E-state index contributed by atoms with van der Waals surface area (Å²) in [6, 6.07) is 5.83. The van der Waals surface area contributed by atoms with E-state index in [4.69, 9.17) is 4.42 Å². The Morgan fingerprint density at radius 3 is 2.11 bits per heavy atom. The number of hydrogen-bond donors (Lipinski definition) is 1. The van der Waals surface area contributed by atoms with Crippen LogP contribution >= 0.6 is 31.9 Å². The van der Waals surface area contributed by atoms with Crippen LogP contribution in [-0.4, -0.2) is 5.11 Å². The summed E-state index contributed by atoms with van der Waals surface area (Å²) in [6.45, 7) is 0. The third-order valence-electron chi connectivity index (χ3n) is 2.49. The fraction of sp³-hybridized carbons (Fsp3) is 0.167. The second kappa shape index (κ2) is 5.30. The van der Waals surface area contributed by atoms with E-state index in [1.54, 1.807) is 6.07 Å². The van der Waals surface area contributed by atoms with Crippen molar-refractivity contribution in [2.24, 2.45) is 0 Å². The van der Waals surface area contributed by atoms with Crippen molar-refractivity contribution >= 4 is 31.9 Å². The van der Waals surface area contributed by atoms with E-state index < -0.39 is 17.8 Å². The zero-order chi connectivity index (χ0) is 14.2. The smallest absolute Gasteiger partial charge is 0.416 e. The van der Waals surface area contributed by atoms with Crippen molar-refractivity contribution < 1.29 is 22.7 Å². The number of furan rings is 1. The fourth-order valence-corrected chi connectivity index (χ4v) is 2.12. The number of alkyl halides is 3. The topological polar surface area (TPSA) is 33.4 Å². The van der Waals surface area contributed by atoms with Gasteiger partial charge in [0.15, 0.2) is 4.67 Å². The highest BCUT2D eigenvalue weighted by molar-refractivity contribution is 9.13. The van der Waals surface area contributed by atoms with Crippen LogP contribution in [0.3, 0.4) is 0 Å². The third-order valence-corrected chi connectivity index (χ3v) is 4.20. The molecule has 2 rings (SSSR count). The Labute approximate surface area is 123 Å². The summed E-state index contributed by atoms with van der Waals surface area (Å²) in [6.07, 6.45) is -5.51. The van der Waals surface area contributed by atoms with Crippen molar-refractivity contribution in [3.8, 4) is 0 Å². The fourth-order valence-electron chi connectivity index (χ4n) is 1.52. The van der Waals surface area contributed by atoms with Crippen molar-refractivity contribution in [2.75, 3.05) is 0 Å². The molecule has 1 unspecified atom stereocenters. The van der Waals surface area contributed by atoms with Gasteiger partial charge in [-0.3, -0.25) is 0 Å². The van der Waals surface area contributed by atoms with Crippen molar-refractivity contribution in [1.29, 1.82) is 0 Å². The van der Waals surface area contributed by atoms with Crippen molar-refractivity contribution in [3.63, 3.8) is 0 Å². The first kappa shape index (κ1) is 14.6. The average molecular weight is 400 g/mol. The second-order valence-electron chi connectivity index (χ2n) is 3.79. The van der Waals surface area contributed by atoms with Crippen LogP contribution in [0.2, 0.25) is 0 Å². The first-order chi connectivity index (χ1) is 8.79. The highest BCUT2D eigenvalue weighted by Gasteiger charge is 2.30. The van der Waals surface area contributed by atoms with E-state index in [0.717, 1.165) is 12.1 Å². The van der Waals surface area contributed by atoms with Crippen LogP contribution in [0.1, 0.15) is 23.0 Å².